The molecule has 11 heteroatoms. The molecule has 5 rings (SSSR count). The van der Waals surface area contributed by atoms with Gasteiger partial charge in [-0.25, -0.2) is 28.1 Å². The zero-order valence-corrected chi connectivity index (χ0v) is 17.8. The Kier molecular flexibility index (Phi) is 5.16. The van der Waals surface area contributed by atoms with Gasteiger partial charge in [-0.3, -0.25) is 9.20 Å². The number of hydrogen-bond acceptors (Lipinski definition) is 5. The summed E-state index contributed by atoms with van der Waals surface area (Å²) in [5.41, 5.74) is 10.2. The SMILES string of the molecule is Cc1cnc2ccc(-c3c(-c4ccc(F)cc4)nc(N)c4nc(C(=O)NCC(F)F)cn34)cn12. The summed E-state index contributed by atoms with van der Waals surface area (Å²) in [6.07, 6.45) is 2.31. The van der Waals surface area contributed by atoms with Crippen molar-refractivity contribution in [1.29, 1.82) is 0 Å². The minimum absolute atomic E-state index is 0.0240. The number of anilines is 1. The molecule has 0 spiro atoms. The summed E-state index contributed by atoms with van der Waals surface area (Å²) in [4.78, 5) is 25.5. The van der Waals surface area contributed by atoms with E-state index in [4.69, 9.17) is 5.73 Å². The van der Waals surface area contributed by atoms with Crippen molar-refractivity contribution in [1.82, 2.24) is 29.1 Å². The molecule has 0 fully saturated rings. The fourth-order valence-corrected chi connectivity index (χ4v) is 3.77. The Morgan fingerprint density at radius 2 is 1.79 bits per heavy atom. The van der Waals surface area contributed by atoms with Crippen LogP contribution in [0.15, 0.2) is 55.0 Å². The Morgan fingerprint density at radius 1 is 1.06 bits per heavy atom. The maximum atomic E-state index is 13.6. The molecule has 0 unspecified atom stereocenters. The molecule has 3 N–H and O–H groups in total. The molecule has 0 aliphatic carbocycles. The number of amides is 1. The Morgan fingerprint density at radius 3 is 2.53 bits per heavy atom. The first-order valence-corrected chi connectivity index (χ1v) is 10.3. The van der Waals surface area contributed by atoms with E-state index in [0.29, 0.717) is 22.5 Å². The number of carbonyl (C=O) groups is 1. The molecular formula is C23H18F3N7O. The molecule has 0 aliphatic rings. The number of imidazole rings is 2. The number of aryl methyl sites for hydroxylation is 1. The van der Waals surface area contributed by atoms with E-state index >= 15 is 0 Å². The number of fused-ring (bicyclic) bond motifs is 2. The molecule has 8 nitrogen and oxygen atoms in total. The average Bonchev–Trinajstić information content (AvgIpc) is 3.42. The highest BCUT2D eigenvalue weighted by Gasteiger charge is 2.21. The third kappa shape index (κ3) is 3.70. The fraction of sp³-hybridized carbons (Fsp3) is 0.130. The average molecular weight is 465 g/mol. The predicted molar refractivity (Wildman–Crippen MR) is 120 cm³/mol. The van der Waals surface area contributed by atoms with Crippen molar-refractivity contribution in [3.05, 3.63) is 72.2 Å². The van der Waals surface area contributed by atoms with Gasteiger partial charge in [0, 0.05) is 35.4 Å². The number of benzene rings is 1. The lowest BCUT2D eigenvalue weighted by Crippen LogP contribution is -2.28. The topological polar surface area (TPSA) is 103 Å². The predicted octanol–water partition coefficient (Wildman–Crippen LogP) is 3.74. The quantitative estimate of drug-likeness (QED) is 0.412. The van der Waals surface area contributed by atoms with Gasteiger partial charge in [-0.1, -0.05) is 0 Å². The van der Waals surface area contributed by atoms with Gasteiger partial charge in [-0.2, -0.15) is 0 Å². The van der Waals surface area contributed by atoms with E-state index in [-0.39, 0.29) is 17.2 Å². The van der Waals surface area contributed by atoms with Gasteiger partial charge >= 0.3 is 0 Å². The fourth-order valence-electron chi connectivity index (χ4n) is 3.77. The molecular weight excluding hydrogens is 447 g/mol. The van der Waals surface area contributed by atoms with Crippen LogP contribution in [0, 0.1) is 12.7 Å². The second-order valence-electron chi connectivity index (χ2n) is 7.67. The number of halogens is 3. The number of nitrogen functional groups attached to an aromatic ring is 1. The maximum Gasteiger partial charge on any atom is 0.271 e. The lowest BCUT2D eigenvalue weighted by atomic mass is 10.0. The number of carbonyl (C=O) groups excluding carboxylic acids is 1. The van der Waals surface area contributed by atoms with Gasteiger partial charge in [0.25, 0.3) is 12.3 Å². The summed E-state index contributed by atoms with van der Waals surface area (Å²) in [7, 11) is 0. The second kappa shape index (κ2) is 8.18. The molecule has 34 heavy (non-hydrogen) atoms. The lowest BCUT2D eigenvalue weighted by molar-refractivity contribution is 0.0887. The molecule has 0 atom stereocenters. The molecule has 4 aromatic heterocycles. The van der Waals surface area contributed by atoms with Gasteiger partial charge < -0.3 is 15.5 Å². The van der Waals surface area contributed by atoms with Gasteiger partial charge in [0.2, 0.25) is 0 Å². The highest BCUT2D eigenvalue weighted by atomic mass is 19.3. The maximum absolute atomic E-state index is 13.6. The number of nitrogens with one attached hydrogen (secondary N) is 1. The van der Waals surface area contributed by atoms with Crippen molar-refractivity contribution in [2.75, 3.05) is 12.3 Å². The molecule has 0 saturated heterocycles. The van der Waals surface area contributed by atoms with Crippen LogP contribution in [0.25, 0.3) is 33.8 Å². The Labute approximate surface area is 190 Å². The standard InChI is InChI=1S/C23H18F3N7O/c1-12-8-28-18-7-4-14(10-32(12)18)20-19(13-2-5-15(24)6-3-13)31-21(27)22-30-16(11-33(20)22)23(34)29-9-17(25)26/h2-8,10-11,17H,9H2,1H3,(H2,27,31)(H,29,34). The van der Waals surface area contributed by atoms with E-state index in [0.717, 1.165) is 11.3 Å². The number of pyridine rings is 1. The largest absolute Gasteiger partial charge is 0.381 e. The number of rotatable bonds is 5. The summed E-state index contributed by atoms with van der Waals surface area (Å²) in [6, 6.07) is 9.41. The zero-order valence-electron chi connectivity index (χ0n) is 17.8. The third-order valence-electron chi connectivity index (χ3n) is 5.36. The summed E-state index contributed by atoms with van der Waals surface area (Å²) < 4.78 is 42.2. The number of nitrogens with two attached hydrogens (primary N) is 1. The second-order valence-corrected chi connectivity index (χ2v) is 7.67. The third-order valence-corrected chi connectivity index (χ3v) is 5.36. The molecule has 0 radical (unpaired) electrons. The Balaban J connectivity index is 1.77. The molecule has 1 amide bonds. The van der Waals surface area contributed by atoms with Crippen LogP contribution in [0.1, 0.15) is 16.2 Å². The van der Waals surface area contributed by atoms with Crippen LogP contribution in [0.4, 0.5) is 19.0 Å². The lowest BCUT2D eigenvalue weighted by Gasteiger charge is -2.14. The van der Waals surface area contributed by atoms with E-state index in [1.807, 2.05) is 29.7 Å². The summed E-state index contributed by atoms with van der Waals surface area (Å²) >= 11 is 0. The van der Waals surface area contributed by atoms with Crippen LogP contribution in [0.3, 0.4) is 0 Å². The van der Waals surface area contributed by atoms with Gasteiger partial charge in [0.05, 0.1) is 17.9 Å². The number of hydrogen-bond donors (Lipinski definition) is 2. The van der Waals surface area contributed by atoms with E-state index in [1.165, 1.54) is 18.3 Å². The molecule has 172 valence electrons. The first-order chi connectivity index (χ1) is 16.3. The minimum atomic E-state index is -2.70. The van der Waals surface area contributed by atoms with Crippen molar-refractivity contribution in [2.45, 2.75) is 13.3 Å². The summed E-state index contributed by atoms with van der Waals surface area (Å²) in [5, 5.41) is 2.14. The first-order valence-electron chi connectivity index (χ1n) is 10.3. The van der Waals surface area contributed by atoms with E-state index in [2.05, 4.69) is 20.3 Å². The van der Waals surface area contributed by atoms with Crippen molar-refractivity contribution < 1.29 is 18.0 Å². The van der Waals surface area contributed by atoms with E-state index < -0.39 is 24.7 Å². The minimum Gasteiger partial charge on any atom is -0.381 e. The number of nitrogens with zero attached hydrogens (tertiary/aromatic N) is 5. The van der Waals surface area contributed by atoms with Crippen LogP contribution in [0.2, 0.25) is 0 Å². The van der Waals surface area contributed by atoms with E-state index in [1.54, 1.807) is 22.7 Å². The first kappa shape index (κ1) is 21.4. The molecule has 5 aromatic rings. The molecule has 0 aliphatic heterocycles. The Bertz CT molecular complexity index is 1540. The smallest absolute Gasteiger partial charge is 0.271 e. The molecule has 1 aromatic carbocycles. The zero-order chi connectivity index (χ0) is 24.0. The highest BCUT2D eigenvalue weighted by molar-refractivity contribution is 5.94. The molecule has 4 heterocycles. The number of alkyl halides is 2. The van der Waals surface area contributed by atoms with Gasteiger partial charge in [0.1, 0.15) is 17.2 Å². The molecule has 0 saturated carbocycles. The Hall–Kier alpha value is -4.41. The van der Waals surface area contributed by atoms with Gasteiger partial charge in [-0.05, 0) is 43.3 Å². The highest BCUT2D eigenvalue weighted by Crippen LogP contribution is 2.34. The van der Waals surface area contributed by atoms with E-state index in [9.17, 15) is 18.0 Å². The van der Waals surface area contributed by atoms with Crippen LogP contribution in [-0.2, 0) is 0 Å². The van der Waals surface area contributed by atoms with Crippen molar-refractivity contribution in [3.8, 4) is 22.5 Å². The molecule has 0 bridgehead atoms. The normalized spacial score (nSPS) is 11.6. The van der Waals surface area contributed by atoms with Crippen molar-refractivity contribution in [2.24, 2.45) is 0 Å². The monoisotopic (exact) mass is 465 g/mol. The summed E-state index contributed by atoms with van der Waals surface area (Å²) in [5.74, 6) is -1.15. The van der Waals surface area contributed by atoms with Gasteiger partial charge in [-0.15, -0.1) is 0 Å². The van der Waals surface area contributed by atoms with Crippen LogP contribution < -0.4 is 11.1 Å². The van der Waals surface area contributed by atoms with Crippen LogP contribution in [0.5, 0.6) is 0 Å². The summed E-state index contributed by atoms with van der Waals surface area (Å²) in [6.45, 7) is 1.11. The van der Waals surface area contributed by atoms with Crippen LogP contribution in [-0.4, -0.2) is 42.6 Å². The van der Waals surface area contributed by atoms with Crippen molar-refractivity contribution in [3.63, 3.8) is 0 Å². The van der Waals surface area contributed by atoms with Crippen LogP contribution >= 0.6 is 0 Å². The van der Waals surface area contributed by atoms with Gasteiger partial charge in [0.15, 0.2) is 11.5 Å². The number of aromatic nitrogens is 5. The van der Waals surface area contributed by atoms with Crippen molar-refractivity contribution >= 4 is 23.0 Å².